The van der Waals surface area contributed by atoms with Crippen molar-refractivity contribution < 1.29 is 9.18 Å². The molecule has 0 bridgehead atoms. The number of hydrogen-bond donors (Lipinski definition) is 2. The molecule has 27 heavy (non-hydrogen) atoms. The number of aryl methyl sites for hydroxylation is 1. The van der Waals surface area contributed by atoms with Gasteiger partial charge in [-0.1, -0.05) is 51.0 Å². The average Bonchev–Trinajstić information content (AvgIpc) is 3.45. The van der Waals surface area contributed by atoms with Gasteiger partial charge in [-0.05, 0) is 54.4 Å². The molecule has 1 aromatic carbocycles. The van der Waals surface area contributed by atoms with Gasteiger partial charge in [0.2, 0.25) is 5.91 Å². The first-order valence-electron chi connectivity index (χ1n) is 10.1. The first-order valence-corrected chi connectivity index (χ1v) is 10.1. The summed E-state index contributed by atoms with van der Waals surface area (Å²) in [4.78, 5) is 12.8. The van der Waals surface area contributed by atoms with Crippen molar-refractivity contribution in [2.45, 2.75) is 58.4 Å². The molecule has 1 saturated carbocycles. The molecule has 0 saturated heterocycles. The molecule has 146 valence electrons. The second-order valence-electron chi connectivity index (χ2n) is 8.41. The SMILES string of the molecule is Cc1cc(C(CCC2CC2)(NC(=O)CC(C)C)C2=CNCC=C2)ccc1F. The third-order valence-corrected chi connectivity index (χ3v) is 5.51. The van der Waals surface area contributed by atoms with Crippen molar-refractivity contribution in [2.75, 3.05) is 6.54 Å². The van der Waals surface area contributed by atoms with Crippen LogP contribution in [0.5, 0.6) is 0 Å². The molecule has 3 rings (SSSR count). The fraction of sp³-hybridized carbons (Fsp3) is 0.522. The van der Waals surface area contributed by atoms with Crippen LogP contribution in [0.2, 0.25) is 0 Å². The van der Waals surface area contributed by atoms with Crippen LogP contribution in [0.25, 0.3) is 0 Å². The molecule has 1 atom stereocenters. The smallest absolute Gasteiger partial charge is 0.221 e. The zero-order valence-electron chi connectivity index (χ0n) is 16.6. The second-order valence-corrected chi connectivity index (χ2v) is 8.41. The van der Waals surface area contributed by atoms with Crippen molar-refractivity contribution >= 4 is 5.91 Å². The van der Waals surface area contributed by atoms with Gasteiger partial charge in [0, 0.05) is 19.2 Å². The summed E-state index contributed by atoms with van der Waals surface area (Å²) in [6.45, 7) is 6.66. The van der Waals surface area contributed by atoms with Crippen molar-refractivity contribution in [3.8, 4) is 0 Å². The predicted octanol–water partition coefficient (Wildman–Crippen LogP) is 4.73. The summed E-state index contributed by atoms with van der Waals surface area (Å²) in [6.07, 6.45) is 11.1. The van der Waals surface area contributed by atoms with Gasteiger partial charge >= 0.3 is 0 Å². The third kappa shape index (κ3) is 4.79. The minimum atomic E-state index is -0.628. The molecule has 0 spiro atoms. The molecule has 3 nitrogen and oxygen atoms in total. The van der Waals surface area contributed by atoms with E-state index in [1.807, 2.05) is 18.3 Å². The molecule has 2 aliphatic rings. The monoisotopic (exact) mass is 370 g/mol. The highest BCUT2D eigenvalue weighted by atomic mass is 19.1. The van der Waals surface area contributed by atoms with E-state index in [4.69, 9.17) is 0 Å². The summed E-state index contributed by atoms with van der Waals surface area (Å²) < 4.78 is 14.0. The summed E-state index contributed by atoms with van der Waals surface area (Å²) >= 11 is 0. The summed E-state index contributed by atoms with van der Waals surface area (Å²) in [7, 11) is 0. The number of amides is 1. The molecule has 4 heteroatoms. The van der Waals surface area contributed by atoms with Crippen LogP contribution in [-0.4, -0.2) is 12.5 Å². The number of benzene rings is 1. The molecule has 1 fully saturated rings. The van der Waals surface area contributed by atoms with Crippen molar-refractivity contribution in [1.29, 1.82) is 0 Å². The number of carbonyl (C=O) groups is 1. The molecule has 1 unspecified atom stereocenters. The predicted molar refractivity (Wildman–Crippen MR) is 108 cm³/mol. The molecule has 1 aromatic rings. The Labute approximate surface area is 162 Å². The quantitative estimate of drug-likeness (QED) is 0.695. The van der Waals surface area contributed by atoms with Gasteiger partial charge in [-0.15, -0.1) is 0 Å². The number of hydrogen-bond acceptors (Lipinski definition) is 2. The van der Waals surface area contributed by atoms with Crippen LogP contribution in [-0.2, 0) is 10.3 Å². The topological polar surface area (TPSA) is 41.1 Å². The van der Waals surface area contributed by atoms with E-state index in [1.54, 1.807) is 6.92 Å². The van der Waals surface area contributed by atoms with E-state index in [9.17, 15) is 9.18 Å². The first kappa shape index (κ1) is 19.7. The third-order valence-electron chi connectivity index (χ3n) is 5.51. The van der Waals surface area contributed by atoms with E-state index >= 15 is 0 Å². The van der Waals surface area contributed by atoms with Crippen LogP contribution >= 0.6 is 0 Å². The lowest BCUT2D eigenvalue weighted by Crippen LogP contribution is -2.48. The minimum Gasteiger partial charge on any atom is -0.387 e. The Morgan fingerprint density at radius 2 is 2.15 bits per heavy atom. The van der Waals surface area contributed by atoms with Gasteiger partial charge in [0.25, 0.3) is 0 Å². The van der Waals surface area contributed by atoms with Gasteiger partial charge in [0.1, 0.15) is 5.82 Å². The maximum Gasteiger partial charge on any atom is 0.221 e. The summed E-state index contributed by atoms with van der Waals surface area (Å²) in [5.74, 6) is 0.862. The van der Waals surface area contributed by atoms with Gasteiger partial charge in [0.15, 0.2) is 0 Å². The van der Waals surface area contributed by atoms with E-state index in [0.717, 1.165) is 36.4 Å². The van der Waals surface area contributed by atoms with E-state index in [-0.39, 0.29) is 17.6 Å². The number of halogens is 1. The highest BCUT2D eigenvalue weighted by Crippen LogP contribution is 2.42. The molecule has 0 aromatic heterocycles. The maximum absolute atomic E-state index is 14.0. The van der Waals surface area contributed by atoms with Crippen molar-refractivity contribution in [3.63, 3.8) is 0 Å². The lowest BCUT2D eigenvalue weighted by Gasteiger charge is -2.38. The van der Waals surface area contributed by atoms with Crippen LogP contribution in [0.3, 0.4) is 0 Å². The van der Waals surface area contributed by atoms with Gasteiger partial charge < -0.3 is 10.6 Å². The minimum absolute atomic E-state index is 0.0441. The van der Waals surface area contributed by atoms with Gasteiger partial charge in [-0.25, -0.2) is 4.39 Å². The maximum atomic E-state index is 14.0. The Morgan fingerprint density at radius 3 is 2.74 bits per heavy atom. The highest BCUT2D eigenvalue weighted by Gasteiger charge is 2.39. The number of carbonyl (C=O) groups excluding carboxylic acids is 1. The summed E-state index contributed by atoms with van der Waals surface area (Å²) in [5, 5.41) is 6.64. The zero-order valence-corrected chi connectivity index (χ0v) is 16.6. The van der Waals surface area contributed by atoms with Crippen LogP contribution in [0.15, 0.2) is 42.1 Å². The number of rotatable bonds is 8. The number of dihydropyridines is 1. The van der Waals surface area contributed by atoms with E-state index in [2.05, 4.69) is 36.6 Å². The molecule has 0 radical (unpaired) electrons. The molecule has 1 aliphatic heterocycles. The van der Waals surface area contributed by atoms with E-state index < -0.39 is 5.54 Å². The van der Waals surface area contributed by atoms with Gasteiger partial charge in [0.05, 0.1) is 5.54 Å². The second kappa shape index (κ2) is 8.28. The van der Waals surface area contributed by atoms with Crippen molar-refractivity contribution in [1.82, 2.24) is 10.6 Å². The van der Waals surface area contributed by atoms with Crippen LogP contribution in [0, 0.1) is 24.6 Å². The summed E-state index contributed by atoms with van der Waals surface area (Å²) in [5.41, 5.74) is 1.97. The van der Waals surface area contributed by atoms with E-state index in [0.29, 0.717) is 12.0 Å². The molecule has 1 aliphatic carbocycles. The lowest BCUT2D eigenvalue weighted by molar-refractivity contribution is -0.123. The molecule has 1 heterocycles. The highest BCUT2D eigenvalue weighted by molar-refractivity contribution is 5.78. The van der Waals surface area contributed by atoms with Crippen LogP contribution in [0.1, 0.15) is 57.1 Å². The zero-order chi connectivity index (χ0) is 19.4. The van der Waals surface area contributed by atoms with Crippen molar-refractivity contribution in [3.05, 3.63) is 59.1 Å². The Hall–Kier alpha value is -2.10. The molecule has 1 amide bonds. The molecule has 2 N–H and O–H groups in total. The Bertz CT molecular complexity index is 749. The number of nitrogens with one attached hydrogen (secondary N) is 2. The van der Waals surface area contributed by atoms with Crippen LogP contribution < -0.4 is 10.6 Å². The Balaban J connectivity index is 2.03. The fourth-order valence-corrected chi connectivity index (χ4v) is 3.80. The normalized spacial score (nSPS) is 18.6. The van der Waals surface area contributed by atoms with E-state index in [1.165, 1.54) is 18.9 Å². The van der Waals surface area contributed by atoms with Crippen molar-refractivity contribution in [2.24, 2.45) is 11.8 Å². The average molecular weight is 371 g/mol. The fourth-order valence-electron chi connectivity index (χ4n) is 3.80. The van der Waals surface area contributed by atoms with Gasteiger partial charge in [-0.2, -0.15) is 0 Å². The molecular formula is C23H31FN2O. The Kier molecular flexibility index (Phi) is 6.03. The van der Waals surface area contributed by atoms with Crippen LogP contribution in [0.4, 0.5) is 4.39 Å². The standard InChI is InChI=1S/C23H31FN2O/c1-16(2)13-22(27)26-23(11-10-18-6-7-18,20-5-4-12-25-15-20)19-8-9-21(24)17(3)14-19/h4-5,8-9,14-16,18,25H,6-7,10-13H2,1-3H3,(H,26,27). The summed E-state index contributed by atoms with van der Waals surface area (Å²) in [6, 6.07) is 5.24. The largest absolute Gasteiger partial charge is 0.387 e. The first-order chi connectivity index (χ1) is 12.9. The van der Waals surface area contributed by atoms with Gasteiger partial charge in [-0.3, -0.25) is 4.79 Å². The lowest BCUT2D eigenvalue weighted by atomic mass is 9.77. The Morgan fingerprint density at radius 1 is 1.37 bits per heavy atom. The molecular weight excluding hydrogens is 339 g/mol.